The molecule has 0 radical (unpaired) electrons. The molecule has 0 aliphatic heterocycles. The van der Waals surface area contributed by atoms with Gasteiger partial charge in [-0.3, -0.25) is 0 Å². The Morgan fingerprint density at radius 3 is 2.59 bits per heavy atom. The van der Waals surface area contributed by atoms with E-state index < -0.39 is 9.84 Å². The van der Waals surface area contributed by atoms with Crippen molar-refractivity contribution in [3.8, 4) is 0 Å². The number of rotatable bonds is 3. The molecule has 2 aromatic rings. The molecule has 0 amide bonds. The molecule has 17 heavy (non-hydrogen) atoms. The molecule has 1 aromatic carbocycles. The van der Waals surface area contributed by atoms with Crippen molar-refractivity contribution < 1.29 is 8.42 Å². The van der Waals surface area contributed by atoms with Crippen LogP contribution < -0.4 is 0 Å². The predicted molar refractivity (Wildman–Crippen MR) is 70.8 cm³/mol. The molecule has 0 aliphatic rings. The van der Waals surface area contributed by atoms with Crippen molar-refractivity contribution in [3.05, 3.63) is 35.5 Å². The van der Waals surface area contributed by atoms with Gasteiger partial charge in [0.1, 0.15) is 0 Å². The highest BCUT2D eigenvalue weighted by atomic mass is 32.2. The third kappa shape index (κ3) is 2.22. The van der Waals surface area contributed by atoms with E-state index in [1.54, 1.807) is 6.92 Å². The third-order valence-corrected chi connectivity index (χ3v) is 4.78. The van der Waals surface area contributed by atoms with E-state index >= 15 is 0 Å². The fourth-order valence-corrected chi connectivity index (χ4v) is 3.07. The van der Waals surface area contributed by atoms with Crippen LogP contribution in [0.3, 0.4) is 0 Å². The van der Waals surface area contributed by atoms with Crippen LogP contribution in [0.1, 0.15) is 18.2 Å². The minimum absolute atomic E-state index is 0.119. The van der Waals surface area contributed by atoms with Crippen molar-refractivity contribution >= 4 is 20.7 Å². The second-order valence-corrected chi connectivity index (χ2v) is 6.74. The average Bonchev–Trinajstić information content (AvgIpc) is 2.57. The molecule has 0 N–H and O–H groups in total. The first-order chi connectivity index (χ1) is 7.94. The van der Waals surface area contributed by atoms with Crippen molar-refractivity contribution in [3.63, 3.8) is 0 Å². The van der Waals surface area contributed by atoms with Crippen LogP contribution in [-0.2, 0) is 22.6 Å². The van der Waals surface area contributed by atoms with E-state index in [0.717, 1.165) is 16.6 Å². The van der Waals surface area contributed by atoms with Gasteiger partial charge in [-0.05, 0) is 18.6 Å². The van der Waals surface area contributed by atoms with Crippen LogP contribution in [0.15, 0.2) is 24.3 Å². The first-order valence-electron chi connectivity index (χ1n) is 5.69. The molecule has 92 valence electrons. The van der Waals surface area contributed by atoms with Gasteiger partial charge in [0, 0.05) is 23.9 Å². The second kappa shape index (κ2) is 4.18. The summed E-state index contributed by atoms with van der Waals surface area (Å²) in [6.45, 7) is 3.73. The van der Waals surface area contributed by atoms with Crippen molar-refractivity contribution in [2.24, 2.45) is 7.05 Å². The molecule has 1 aromatic heterocycles. The van der Waals surface area contributed by atoms with E-state index in [9.17, 15) is 8.42 Å². The first kappa shape index (κ1) is 12.2. The van der Waals surface area contributed by atoms with Gasteiger partial charge in [-0.25, -0.2) is 8.42 Å². The summed E-state index contributed by atoms with van der Waals surface area (Å²) in [6.07, 6.45) is 0. The maximum absolute atomic E-state index is 11.7. The molecule has 0 saturated carbocycles. The monoisotopic (exact) mass is 251 g/mol. The molecule has 0 atom stereocenters. The lowest BCUT2D eigenvalue weighted by molar-refractivity contribution is 0.595. The zero-order chi connectivity index (χ0) is 12.6. The van der Waals surface area contributed by atoms with Crippen molar-refractivity contribution in [1.29, 1.82) is 0 Å². The molecule has 1 heterocycles. The highest BCUT2D eigenvalue weighted by molar-refractivity contribution is 7.90. The van der Waals surface area contributed by atoms with Crippen molar-refractivity contribution in [2.75, 3.05) is 5.75 Å². The summed E-state index contributed by atoms with van der Waals surface area (Å²) in [5.41, 5.74) is 3.15. The summed E-state index contributed by atoms with van der Waals surface area (Å²) >= 11 is 0. The molecule has 4 heteroatoms. The average molecular weight is 251 g/mol. The normalized spacial score (nSPS) is 12.2. The molecule has 0 unspecified atom stereocenters. The number of sulfone groups is 1. The van der Waals surface area contributed by atoms with Crippen molar-refractivity contribution in [1.82, 2.24) is 4.57 Å². The van der Waals surface area contributed by atoms with Crippen LogP contribution in [0.25, 0.3) is 10.9 Å². The first-order valence-corrected chi connectivity index (χ1v) is 7.51. The van der Waals surface area contributed by atoms with E-state index in [1.807, 2.05) is 42.8 Å². The fraction of sp³-hybridized carbons (Fsp3) is 0.385. The van der Waals surface area contributed by atoms with Gasteiger partial charge in [-0.2, -0.15) is 0 Å². The van der Waals surface area contributed by atoms with Gasteiger partial charge in [0.15, 0.2) is 9.84 Å². The Morgan fingerprint density at radius 1 is 1.29 bits per heavy atom. The Hall–Kier alpha value is -1.29. The summed E-state index contributed by atoms with van der Waals surface area (Å²) in [4.78, 5) is 0. The van der Waals surface area contributed by atoms with Crippen LogP contribution in [0.2, 0.25) is 0 Å². The molecular weight excluding hydrogens is 234 g/mol. The maximum atomic E-state index is 11.7. The number of fused-ring (bicyclic) bond motifs is 1. The van der Waals surface area contributed by atoms with Gasteiger partial charge in [-0.15, -0.1) is 0 Å². The topological polar surface area (TPSA) is 39.1 Å². The molecule has 0 spiro atoms. The number of aryl methyl sites for hydroxylation is 2. The van der Waals surface area contributed by atoms with E-state index in [-0.39, 0.29) is 11.5 Å². The van der Waals surface area contributed by atoms with Crippen LogP contribution in [0.4, 0.5) is 0 Å². The third-order valence-electron chi connectivity index (χ3n) is 3.16. The number of para-hydroxylation sites is 1. The van der Waals surface area contributed by atoms with Crippen LogP contribution in [-0.4, -0.2) is 18.7 Å². The van der Waals surface area contributed by atoms with E-state index in [1.165, 1.54) is 5.56 Å². The smallest absolute Gasteiger partial charge is 0.155 e. The van der Waals surface area contributed by atoms with Gasteiger partial charge in [-0.1, -0.05) is 25.1 Å². The van der Waals surface area contributed by atoms with E-state index in [0.29, 0.717) is 0 Å². The molecule has 0 aliphatic carbocycles. The molecular formula is C13H17NO2S. The summed E-state index contributed by atoms with van der Waals surface area (Å²) in [5.74, 6) is 0.307. The summed E-state index contributed by atoms with van der Waals surface area (Å²) in [5, 5.41) is 1.11. The number of hydrogen-bond donors (Lipinski definition) is 0. The lowest BCUT2D eigenvalue weighted by atomic mass is 10.2. The number of nitrogens with zero attached hydrogens (tertiary/aromatic N) is 1. The van der Waals surface area contributed by atoms with Crippen LogP contribution in [0.5, 0.6) is 0 Å². The Balaban J connectivity index is 2.58. The SMILES string of the molecule is CCS(=O)(=O)Cc1cc2cccc(C)c2n1C. The molecule has 2 rings (SSSR count). The highest BCUT2D eigenvalue weighted by Crippen LogP contribution is 2.23. The largest absolute Gasteiger partial charge is 0.346 e. The number of hydrogen-bond acceptors (Lipinski definition) is 2. The van der Waals surface area contributed by atoms with Gasteiger partial charge in [0.25, 0.3) is 0 Å². The van der Waals surface area contributed by atoms with Gasteiger partial charge >= 0.3 is 0 Å². The van der Waals surface area contributed by atoms with Gasteiger partial charge < -0.3 is 4.57 Å². The molecule has 3 nitrogen and oxygen atoms in total. The summed E-state index contributed by atoms with van der Waals surface area (Å²) < 4.78 is 25.3. The van der Waals surface area contributed by atoms with E-state index in [2.05, 4.69) is 0 Å². The van der Waals surface area contributed by atoms with Crippen LogP contribution >= 0.6 is 0 Å². The van der Waals surface area contributed by atoms with Crippen LogP contribution in [0, 0.1) is 6.92 Å². The summed E-state index contributed by atoms with van der Waals surface area (Å²) in [7, 11) is -1.05. The quantitative estimate of drug-likeness (QED) is 0.840. The zero-order valence-electron chi connectivity index (χ0n) is 10.4. The lowest BCUT2D eigenvalue weighted by Crippen LogP contribution is -2.09. The standard InChI is InChI=1S/C13H17NO2S/c1-4-17(15,16)9-12-8-11-7-5-6-10(2)13(11)14(12)3/h5-8H,4,9H2,1-3H3. The Morgan fingerprint density at radius 2 is 2.00 bits per heavy atom. The van der Waals surface area contributed by atoms with Gasteiger partial charge in [0.05, 0.1) is 11.3 Å². The fourth-order valence-electron chi connectivity index (χ4n) is 2.14. The lowest BCUT2D eigenvalue weighted by Gasteiger charge is -2.05. The molecule has 0 bridgehead atoms. The van der Waals surface area contributed by atoms with E-state index in [4.69, 9.17) is 0 Å². The minimum Gasteiger partial charge on any atom is -0.346 e. The number of aromatic nitrogens is 1. The Bertz CT molecular complexity index is 653. The Labute approximate surface area is 102 Å². The van der Waals surface area contributed by atoms with Gasteiger partial charge in [0.2, 0.25) is 0 Å². The predicted octanol–water partition coefficient (Wildman–Crippen LogP) is 2.42. The summed E-state index contributed by atoms with van der Waals surface area (Å²) in [6, 6.07) is 8.02. The molecule has 0 saturated heterocycles. The minimum atomic E-state index is -2.98. The zero-order valence-corrected chi connectivity index (χ0v) is 11.2. The highest BCUT2D eigenvalue weighted by Gasteiger charge is 2.14. The number of benzene rings is 1. The maximum Gasteiger partial charge on any atom is 0.155 e. The molecule has 0 fully saturated rings. The van der Waals surface area contributed by atoms with Crippen molar-refractivity contribution in [2.45, 2.75) is 19.6 Å². The second-order valence-electron chi connectivity index (χ2n) is 4.38. The Kier molecular flexibility index (Phi) is 3.00.